The lowest BCUT2D eigenvalue weighted by molar-refractivity contribution is -0.112. The van der Waals surface area contributed by atoms with E-state index >= 15 is 0 Å². The Bertz CT molecular complexity index is 614. The second-order valence-corrected chi connectivity index (χ2v) is 5.34. The lowest BCUT2D eigenvalue weighted by Crippen LogP contribution is -2.44. The smallest absolute Gasteiger partial charge is 0.167 e. The molecule has 0 aliphatic carbocycles. The number of anilines is 1. The third kappa shape index (κ3) is 2.97. The molecule has 21 heavy (non-hydrogen) atoms. The number of nitrogens with two attached hydrogens (primary N) is 1. The maximum absolute atomic E-state index is 6.06. The van der Waals surface area contributed by atoms with Crippen LogP contribution >= 0.6 is 0 Å². The van der Waals surface area contributed by atoms with Gasteiger partial charge >= 0.3 is 0 Å². The fourth-order valence-corrected chi connectivity index (χ4v) is 2.33. The highest BCUT2D eigenvalue weighted by molar-refractivity contribution is 5.81. The summed E-state index contributed by atoms with van der Waals surface area (Å²) in [4.78, 5) is 12.5. The van der Waals surface area contributed by atoms with Gasteiger partial charge in [-0.3, -0.25) is 4.57 Å². The van der Waals surface area contributed by atoms with Gasteiger partial charge in [-0.2, -0.15) is 0 Å². The number of nitrogens with one attached hydrogen (secondary N) is 1. The van der Waals surface area contributed by atoms with Crippen molar-refractivity contribution < 1.29 is 9.47 Å². The van der Waals surface area contributed by atoms with Crippen LogP contribution in [0.2, 0.25) is 0 Å². The standard InChI is InChI=1S/C13H20N6O2/c1-8(2)20-5-9-3-15-4-10(21-9)19-7-18-11-12(14)16-6-17-13(11)19/h6-10,15H,3-5H2,1-2H3,(H2,14,16,17)/t9-,10+/m0/s1. The minimum atomic E-state index is -0.182. The lowest BCUT2D eigenvalue weighted by atomic mass is 10.3. The average Bonchev–Trinajstić information content (AvgIpc) is 2.91. The number of morpholine rings is 1. The molecule has 1 fully saturated rings. The third-order valence-corrected chi connectivity index (χ3v) is 3.35. The lowest BCUT2D eigenvalue weighted by Gasteiger charge is -2.31. The van der Waals surface area contributed by atoms with Crippen LogP contribution in [-0.2, 0) is 9.47 Å². The zero-order chi connectivity index (χ0) is 14.8. The van der Waals surface area contributed by atoms with Gasteiger partial charge in [-0.15, -0.1) is 0 Å². The van der Waals surface area contributed by atoms with Crippen molar-refractivity contribution in [1.29, 1.82) is 0 Å². The van der Waals surface area contributed by atoms with Crippen molar-refractivity contribution in [2.75, 3.05) is 25.4 Å². The van der Waals surface area contributed by atoms with E-state index in [0.29, 0.717) is 30.1 Å². The van der Waals surface area contributed by atoms with Crippen molar-refractivity contribution in [2.24, 2.45) is 0 Å². The fourth-order valence-electron chi connectivity index (χ4n) is 2.33. The highest BCUT2D eigenvalue weighted by Gasteiger charge is 2.25. The molecular formula is C13H20N6O2. The molecule has 0 radical (unpaired) electrons. The predicted molar refractivity (Wildman–Crippen MR) is 77.6 cm³/mol. The summed E-state index contributed by atoms with van der Waals surface area (Å²) >= 11 is 0. The van der Waals surface area contributed by atoms with Gasteiger partial charge in [0.05, 0.1) is 25.1 Å². The van der Waals surface area contributed by atoms with Gasteiger partial charge in [-0.05, 0) is 13.8 Å². The molecule has 0 unspecified atom stereocenters. The number of ether oxygens (including phenoxy) is 2. The molecule has 1 aliphatic rings. The molecule has 3 heterocycles. The Labute approximate surface area is 122 Å². The summed E-state index contributed by atoms with van der Waals surface area (Å²) in [6.07, 6.45) is 3.14. The number of nitrogens with zero attached hydrogens (tertiary/aromatic N) is 4. The zero-order valence-corrected chi connectivity index (χ0v) is 12.2. The topological polar surface area (TPSA) is 100 Å². The third-order valence-electron chi connectivity index (χ3n) is 3.35. The maximum atomic E-state index is 6.06. The van der Waals surface area contributed by atoms with Gasteiger partial charge in [0, 0.05) is 13.1 Å². The van der Waals surface area contributed by atoms with Crippen molar-refractivity contribution in [1.82, 2.24) is 24.8 Å². The molecule has 0 amide bonds. The molecule has 8 heteroatoms. The molecule has 0 bridgehead atoms. The van der Waals surface area contributed by atoms with E-state index in [9.17, 15) is 0 Å². The SMILES string of the molecule is CC(C)OC[C@@H]1CNC[C@H](n2cnc3c(N)ncnc32)O1. The molecule has 114 valence electrons. The number of fused-ring (bicyclic) bond motifs is 1. The van der Waals surface area contributed by atoms with Gasteiger partial charge in [-0.25, -0.2) is 15.0 Å². The van der Waals surface area contributed by atoms with E-state index in [2.05, 4.69) is 20.3 Å². The minimum absolute atomic E-state index is 0.00258. The zero-order valence-electron chi connectivity index (χ0n) is 12.2. The van der Waals surface area contributed by atoms with E-state index in [-0.39, 0.29) is 18.4 Å². The molecule has 2 aromatic rings. The van der Waals surface area contributed by atoms with Crippen LogP contribution in [0.5, 0.6) is 0 Å². The number of nitrogen functional groups attached to an aromatic ring is 1. The molecular weight excluding hydrogens is 272 g/mol. The first-order valence-corrected chi connectivity index (χ1v) is 7.06. The quantitative estimate of drug-likeness (QED) is 0.837. The second-order valence-electron chi connectivity index (χ2n) is 5.34. The Morgan fingerprint density at radius 2 is 2.29 bits per heavy atom. The van der Waals surface area contributed by atoms with Gasteiger partial charge in [0.15, 0.2) is 11.5 Å². The molecule has 2 aromatic heterocycles. The Kier molecular flexibility index (Phi) is 4.00. The summed E-state index contributed by atoms with van der Waals surface area (Å²) in [6, 6.07) is 0. The summed E-state index contributed by atoms with van der Waals surface area (Å²) in [5, 5.41) is 3.35. The van der Waals surface area contributed by atoms with Crippen molar-refractivity contribution in [2.45, 2.75) is 32.3 Å². The van der Waals surface area contributed by atoms with Crippen molar-refractivity contribution in [3.8, 4) is 0 Å². The van der Waals surface area contributed by atoms with Gasteiger partial charge < -0.3 is 20.5 Å². The summed E-state index contributed by atoms with van der Waals surface area (Å²) in [5.74, 6) is 0.377. The molecule has 0 aromatic carbocycles. The Hall–Kier alpha value is -1.77. The molecule has 3 N–H and O–H groups in total. The van der Waals surface area contributed by atoms with Gasteiger partial charge in [0.2, 0.25) is 0 Å². The fraction of sp³-hybridized carbons (Fsp3) is 0.615. The molecule has 3 rings (SSSR count). The normalized spacial score (nSPS) is 23.0. The second kappa shape index (κ2) is 5.92. The average molecular weight is 292 g/mol. The Balaban J connectivity index is 1.77. The van der Waals surface area contributed by atoms with Crippen molar-refractivity contribution >= 4 is 17.0 Å². The largest absolute Gasteiger partial charge is 0.382 e. The van der Waals surface area contributed by atoms with Gasteiger partial charge in [0.25, 0.3) is 0 Å². The van der Waals surface area contributed by atoms with Crippen LogP contribution in [-0.4, -0.2) is 51.4 Å². The maximum Gasteiger partial charge on any atom is 0.167 e. The molecule has 0 spiro atoms. The van der Waals surface area contributed by atoms with Crippen LogP contribution in [0, 0.1) is 0 Å². The summed E-state index contributed by atoms with van der Waals surface area (Å²) in [7, 11) is 0. The highest BCUT2D eigenvalue weighted by Crippen LogP contribution is 2.22. The summed E-state index contributed by atoms with van der Waals surface area (Å²) < 4.78 is 13.6. The monoisotopic (exact) mass is 292 g/mol. The summed E-state index contributed by atoms with van der Waals surface area (Å²) in [5.41, 5.74) is 7.08. The van der Waals surface area contributed by atoms with E-state index in [0.717, 1.165) is 6.54 Å². The summed E-state index contributed by atoms with van der Waals surface area (Å²) in [6.45, 7) is 6.04. The van der Waals surface area contributed by atoms with Crippen LogP contribution < -0.4 is 11.1 Å². The first kappa shape index (κ1) is 14.2. The number of rotatable bonds is 4. The van der Waals surface area contributed by atoms with Crippen LogP contribution in [0.3, 0.4) is 0 Å². The highest BCUT2D eigenvalue weighted by atomic mass is 16.6. The van der Waals surface area contributed by atoms with Crippen molar-refractivity contribution in [3.05, 3.63) is 12.7 Å². The van der Waals surface area contributed by atoms with E-state index in [4.69, 9.17) is 15.2 Å². The minimum Gasteiger partial charge on any atom is -0.382 e. The number of imidazole rings is 1. The van der Waals surface area contributed by atoms with Crippen LogP contribution in [0.1, 0.15) is 20.1 Å². The van der Waals surface area contributed by atoms with Gasteiger partial charge in [0.1, 0.15) is 18.1 Å². The first-order valence-electron chi connectivity index (χ1n) is 7.06. The Morgan fingerprint density at radius 1 is 1.43 bits per heavy atom. The van der Waals surface area contributed by atoms with Gasteiger partial charge in [-0.1, -0.05) is 0 Å². The predicted octanol–water partition coefficient (Wildman–Crippen LogP) is 0.321. The molecule has 1 aliphatic heterocycles. The number of hydrogen-bond donors (Lipinski definition) is 2. The van der Waals surface area contributed by atoms with Crippen LogP contribution in [0.15, 0.2) is 12.7 Å². The number of hydrogen-bond acceptors (Lipinski definition) is 7. The first-order chi connectivity index (χ1) is 10.1. The van der Waals surface area contributed by atoms with E-state index < -0.39 is 0 Å². The Morgan fingerprint density at radius 3 is 3.10 bits per heavy atom. The molecule has 1 saturated heterocycles. The van der Waals surface area contributed by atoms with E-state index in [1.54, 1.807) is 6.33 Å². The van der Waals surface area contributed by atoms with E-state index in [1.807, 2.05) is 18.4 Å². The molecule has 0 saturated carbocycles. The van der Waals surface area contributed by atoms with Crippen LogP contribution in [0.25, 0.3) is 11.2 Å². The number of aromatic nitrogens is 4. The molecule has 8 nitrogen and oxygen atoms in total. The van der Waals surface area contributed by atoms with Crippen molar-refractivity contribution in [3.63, 3.8) is 0 Å². The van der Waals surface area contributed by atoms with Crippen LogP contribution in [0.4, 0.5) is 5.82 Å². The van der Waals surface area contributed by atoms with E-state index in [1.165, 1.54) is 6.33 Å². The molecule has 2 atom stereocenters.